The second kappa shape index (κ2) is 8.04. The molecule has 0 atom stereocenters. The van der Waals surface area contributed by atoms with Gasteiger partial charge in [-0.25, -0.2) is 14.6 Å². The molecule has 0 unspecified atom stereocenters. The lowest BCUT2D eigenvalue weighted by molar-refractivity contribution is 0.00791. The fraction of sp³-hybridized carbons (Fsp3) is 0.524. The Morgan fingerprint density at radius 3 is 2.66 bits per heavy atom. The maximum atomic E-state index is 5.50. The first-order valence-corrected chi connectivity index (χ1v) is 10.5. The molecule has 2 fully saturated rings. The summed E-state index contributed by atoms with van der Waals surface area (Å²) < 4.78 is 7.28. The summed E-state index contributed by atoms with van der Waals surface area (Å²) >= 11 is 0. The molecule has 0 amide bonds. The smallest absolute Gasteiger partial charge is 0.137 e. The van der Waals surface area contributed by atoms with Gasteiger partial charge < -0.3 is 10.1 Å². The number of ether oxygens (including phenoxy) is 1. The van der Waals surface area contributed by atoms with Crippen LogP contribution in [0, 0.1) is 0 Å². The molecule has 1 aliphatic carbocycles. The highest BCUT2D eigenvalue weighted by Gasteiger charge is 2.27. The fourth-order valence-corrected chi connectivity index (χ4v) is 4.60. The zero-order valence-corrected chi connectivity index (χ0v) is 16.8. The largest absolute Gasteiger partial charge is 0.379 e. The molecule has 152 valence electrons. The summed E-state index contributed by atoms with van der Waals surface area (Å²) in [7, 11) is 1.90. The van der Waals surface area contributed by atoms with Crippen molar-refractivity contribution in [1.82, 2.24) is 29.9 Å². The summed E-state index contributed by atoms with van der Waals surface area (Å²) in [4.78, 5) is 11.6. The molecule has 1 aromatic carbocycles. The molecular formula is C21H27N7O. The molecule has 1 aliphatic heterocycles. The van der Waals surface area contributed by atoms with E-state index in [9.17, 15) is 0 Å². The minimum absolute atomic E-state index is 0.451. The number of nitrogens with one attached hydrogen (secondary N) is 1. The number of fused-ring (bicyclic) bond motifs is 1. The summed E-state index contributed by atoms with van der Waals surface area (Å²) in [5.41, 5.74) is 3.00. The SMILES string of the molecule is Cn1nncc1-c1ccc2ncnc(N[C@H]3CC[C@H](N4CCOCC4)CC3)c2c1. The van der Waals surface area contributed by atoms with E-state index >= 15 is 0 Å². The number of aromatic nitrogens is 5. The van der Waals surface area contributed by atoms with Crippen molar-refractivity contribution < 1.29 is 4.74 Å². The molecule has 0 radical (unpaired) electrons. The minimum Gasteiger partial charge on any atom is -0.379 e. The Morgan fingerprint density at radius 2 is 1.90 bits per heavy atom. The Balaban J connectivity index is 1.32. The van der Waals surface area contributed by atoms with Crippen LogP contribution >= 0.6 is 0 Å². The maximum Gasteiger partial charge on any atom is 0.137 e. The molecule has 8 heteroatoms. The highest BCUT2D eigenvalue weighted by molar-refractivity contribution is 5.92. The van der Waals surface area contributed by atoms with Crippen LogP contribution in [-0.4, -0.2) is 68.2 Å². The van der Waals surface area contributed by atoms with Crippen molar-refractivity contribution in [3.8, 4) is 11.3 Å². The second-order valence-electron chi connectivity index (χ2n) is 8.00. The van der Waals surface area contributed by atoms with Gasteiger partial charge in [-0.05, 0) is 37.8 Å². The lowest BCUT2D eigenvalue weighted by Crippen LogP contribution is -2.46. The summed E-state index contributed by atoms with van der Waals surface area (Å²) in [5, 5.41) is 12.8. The predicted molar refractivity (Wildman–Crippen MR) is 112 cm³/mol. The monoisotopic (exact) mass is 393 g/mol. The summed E-state index contributed by atoms with van der Waals surface area (Å²) in [5.74, 6) is 0.918. The Morgan fingerprint density at radius 1 is 1.07 bits per heavy atom. The van der Waals surface area contributed by atoms with E-state index in [2.05, 4.69) is 42.6 Å². The van der Waals surface area contributed by atoms with Crippen molar-refractivity contribution in [2.75, 3.05) is 31.6 Å². The number of rotatable bonds is 4. The van der Waals surface area contributed by atoms with E-state index in [-0.39, 0.29) is 0 Å². The van der Waals surface area contributed by atoms with E-state index in [0.717, 1.165) is 54.3 Å². The van der Waals surface area contributed by atoms with Crippen molar-refractivity contribution in [3.63, 3.8) is 0 Å². The van der Waals surface area contributed by atoms with Gasteiger partial charge in [0, 0.05) is 43.2 Å². The lowest BCUT2D eigenvalue weighted by Gasteiger charge is -2.39. The van der Waals surface area contributed by atoms with Crippen LogP contribution in [-0.2, 0) is 11.8 Å². The highest BCUT2D eigenvalue weighted by atomic mass is 16.5. The maximum absolute atomic E-state index is 5.50. The van der Waals surface area contributed by atoms with Crippen LogP contribution < -0.4 is 5.32 Å². The average molecular weight is 393 g/mol. The number of hydrogen-bond donors (Lipinski definition) is 1. The molecular weight excluding hydrogens is 366 g/mol. The van der Waals surface area contributed by atoms with Gasteiger partial charge in [0.25, 0.3) is 0 Å². The molecule has 1 saturated heterocycles. The van der Waals surface area contributed by atoms with Gasteiger partial charge in [-0.1, -0.05) is 11.3 Å². The zero-order chi connectivity index (χ0) is 19.6. The van der Waals surface area contributed by atoms with Gasteiger partial charge in [0.2, 0.25) is 0 Å². The van der Waals surface area contributed by atoms with Crippen LogP contribution in [0.5, 0.6) is 0 Å². The molecule has 2 aliphatic rings. The number of anilines is 1. The number of hydrogen-bond acceptors (Lipinski definition) is 7. The number of aryl methyl sites for hydroxylation is 1. The molecule has 8 nitrogen and oxygen atoms in total. The van der Waals surface area contributed by atoms with Crippen LogP contribution in [0.1, 0.15) is 25.7 Å². The summed E-state index contributed by atoms with van der Waals surface area (Å²) in [6.45, 7) is 3.90. The van der Waals surface area contributed by atoms with E-state index < -0.39 is 0 Å². The zero-order valence-electron chi connectivity index (χ0n) is 16.8. The Hall–Kier alpha value is -2.58. The molecule has 5 rings (SSSR count). The van der Waals surface area contributed by atoms with Gasteiger partial charge in [0.05, 0.1) is 30.6 Å². The third-order valence-electron chi connectivity index (χ3n) is 6.25. The topological polar surface area (TPSA) is 81.0 Å². The van der Waals surface area contributed by atoms with Crippen LogP contribution in [0.2, 0.25) is 0 Å². The minimum atomic E-state index is 0.451. The van der Waals surface area contributed by atoms with Crippen molar-refractivity contribution in [2.45, 2.75) is 37.8 Å². The van der Waals surface area contributed by atoms with Crippen LogP contribution in [0.4, 0.5) is 5.82 Å². The molecule has 3 heterocycles. The summed E-state index contributed by atoms with van der Waals surface area (Å²) in [6.07, 6.45) is 8.22. The normalized spacial score (nSPS) is 23.3. The van der Waals surface area contributed by atoms with Gasteiger partial charge in [-0.3, -0.25) is 4.90 Å². The fourth-order valence-electron chi connectivity index (χ4n) is 4.60. The summed E-state index contributed by atoms with van der Waals surface area (Å²) in [6, 6.07) is 7.39. The predicted octanol–water partition coefficient (Wildman–Crippen LogP) is 2.48. The van der Waals surface area contributed by atoms with E-state index in [1.807, 2.05) is 13.1 Å². The quantitative estimate of drug-likeness (QED) is 0.729. The van der Waals surface area contributed by atoms with Gasteiger partial charge in [-0.2, -0.15) is 0 Å². The Kier molecular flexibility index (Phi) is 5.12. The molecule has 2 aromatic heterocycles. The van der Waals surface area contributed by atoms with Crippen LogP contribution in [0.15, 0.2) is 30.7 Å². The van der Waals surface area contributed by atoms with E-state index in [4.69, 9.17) is 4.74 Å². The molecule has 1 N–H and O–H groups in total. The Bertz CT molecular complexity index is 974. The Labute approximate surface area is 170 Å². The third-order valence-corrected chi connectivity index (χ3v) is 6.25. The van der Waals surface area contributed by atoms with Gasteiger partial charge in [0.1, 0.15) is 12.1 Å². The van der Waals surface area contributed by atoms with Crippen molar-refractivity contribution in [3.05, 3.63) is 30.7 Å². The van der Waals surface area contributed by atoms with E-state index in [1.54, 1.807) is 17.2 Å². The molecule has 0 bridgehead atoms. The number of benzene rings is 1. The van der Waals surface area contributed by atoms with Crippen molar-refractivity contribution in [1.29, 1.82) is 0 Å². The molecule has 1 saturated carbocycles. The van der Waals surface area contributed by atoms with Crippen LogP contribution in [0.3, 0.4) is 0 Å². The van der Waals surface area contributed by atoms with Gasteiger partial charge >= 0.3 is 0 Å². The molecule has 0 spiro atoms. The molecule has 29 heavy (non-hydrogen) atoms. The van der Waals surface area contributed by atoms with Crippen molar-refractivity contribution in [2.24, 2.45) is 7.05 Å². The van der Waals surface area contributed by atoms with E-state index in [1.165, 1.54) is 25.7 Å². The van der Waals surface area contributed by atoms with E-state index in [0.29, 0.717) is 12.1 Å². The standard InChI is InChI=1S/C21H27N7O/c1-27-20(13-24-26-27)15-2-7-19-18(12-15)21(23-14-22-19)25-16-3-5-17(6-4-16)28-8-10-29-11-9-28/h2,7,12-14,16-17H,3-6,8-11H2,1H3,(H,22,23,25)/t16-,17-. The van der Waals surface area contributed by atoms with Crippen LogP contribution in [0.25, 0.3) is 22.2 Å². The highest BCUT2D eigenvalue weighted by Crippen LogP contribution is 2.30. The third kappa shape index (κ3) is 3.82. The second-order valence-corrected chi connectivity index (χ2v) is 8.00. The first kappa shape index (κ1) is 18.4. The average Bonchev–Trinajstić information content (AvgIpc) is 3.21. The lowest BCUT2D eigenvalue weighted by atomic mass is 9.90. The van der Waals surface area contributed by atoms with Gasteiger partial charge in [-0.15, -0.1) is 5.10 Å². The molecule has 3 aromatic rings. The van der Waals surface area contributed by atoms with Gasteiger partial charge in [0.15, 0.2) is 0 Å². The van der Waals surface area contributed by atoms with Crippen molar-refractivity contribution >= 4 is 16.7 Å². The number of morpholine rings is 1. The first-order valence-electron chi connectivity index (χ1n) is 10.5. The number of nitrogens with zero attached hydrogens (tertiary/aromatic N) is 6. The first-order chi connectivity index (χ1) is 14.3.